The van der Waals surface area contributed by atoms with Gasteiger partial charge in [-0.2, -0.15) is 0 Å². The molecule has 174 valence electrons. The van der Waals surface area contributed by atoms with E-state index in [1.54, 1.807) is 49.6 Å². The second-order valence-corrected chi connectivity index (χ2v) is 9.12. The third-order valence-corrected chi connectivity index (χ3v) is 6.83. The van der Waals surface area contributed by atoms with Crippen LogP contribution in [0.3, 0.4) is 0 Å². The van der Waals surface area contributed by atoms with Crippen LogP contribution in [0.1, 0.15) is 11.1 Å². The molecular formula is C24H26N2O6S. The number of aromatic nitrogens is 1. The third kappa shape index (κ3) is 5.43. The zero-order chi connectivity index (χ0) is 24.0. The lowest BCUT2D eigenvalue weighted by Crippen LogP contribution is -2.37. The lowest BCUT2D eigenvalue weighted by atomic mass is 10.1. The Kier molecular flexibility index (Phi) is 7.55. The quantitative estimate of drug-likeness (QED) is 0.448. The fourth-order valence-corrected chi connectivity index (χ4v) is 4.86. The van der Waals surface area contributed by atoms with Crippen molar-refractivity contribution in [2.75, 3.05) is 32.2 Å². The maximum absolute atomic E-state index is 13.8. The molecule has 9 heteroatoms. The molecule has 0 fully saturated rings. The van der Waals surface area contributed by atoms with Gasteiger partial charge in [-0.1, -0.05) is 12.1 Å². The molecule has 0 radical (unpaired) electrons. The van der Waals surface area contributed by atoms with Gasteiger partial charge in [-0.3, -0.25) is 14.1 Å². The molecular weight excluding hydrogens is 444 g/mol. The Hall–Kier alpha value is -3.59. The summed E-state index contributed by atoms with van der Waals surface area (Å²) >= 11 is 0. The van der Waals surface area contributed by atoms with Crippen molar-refractivity contribution >= 4 is 21.5 Å². The van der Waals surface area contributed by atoms with Crippen LogP contribution in [0, 0.1) is 6.92 Å². The first-order chi connectivity index (χ1) is 15.8. The molecule has 1 heterocycles. The summed E-state index contributed by atoms with van der Waals surface area (Å²) in [5.74, 6) is 0.855. The number of Topliss-reactive ketones (excluding diaryl/α,β-unsaturated/α-hetero) is 1. The number of anilines is 1. The van der Waals surface area contributed by atoms with Gasteiger partial charge in [-0.05, 0) is 42.3 Å². The van der Waals surface area contributed by atoms with Crippen molar-refractivity contribution in [2.24, 2.45) is 0 Å². The fourth-order valence-electron chi connectivity index (χ4n) is 3.34. The Bertz CT molecular complexity index is 1230. The van der Waals surface area contributed by atoms with Crippen LogP contribution in [0.4, 0.5) is 5.69 Å². The van der Waals surface area contributed by atoms with Gasteiger partial charge in [0.2, 0.25) is 0 Å². The molecule has 3 rings (SSSR count). The molecule has 0 aliphatic rings. The molecule has 0 saturated heterocycles. The minimum Gasteiger partial charge on any atom is -0.497 e. The summed E-state index contributed by atoms with van der Waals surface area (Å²) in [5, 5.41) is 0. The minimum atomic E-state index is -4.14. The highest BCUT2D eigenvalue weighted by atomic mass is 32.2. The second-order valence-electron chi connectivity index (χ2n) is 7.26. The number of aryl methyl sites for hydroxylation is 1. The Morgan fingerprint density at radius 2 is 1.73 bits per heavy atom. The van der Waals surface area contributed by atoms with Crippen LogP contribution >= 0.6 is 0 Å². The predicted octanol–water partition coefficient (Wildman–Crippen LogP) is 3.42. The molecule has 8 nitrogen and oxygen atoms in total. The van der Waals surface area contributed by atoms with Gasteiger partial charge in [-0.15, -0.1) is 0 Å². The predicted molar refractivity (Wildman–Crippen MR) is 125 cm³/mol. The first-order valence-corrected chi connectivity index (χ1v) is 11.5. The first-order valence-electron chi connectivity index (χ1n) is 10.1. The van der Waals surface area contributed by atoms with E-state index in [9.17, 15) is 13.2 Å². The zero-order valence-electron chi connectivity index (χ0n) is 18.9. The molecule has 0 aliphatic heterocycles. The van der Waals surface area contributed by atoms with Crippen molar-refractivity contribution in [1.82, 2.24) is 4.98 Å². The number of sulfonamides is 1. The van der Waals surface area contributed by atoms with E-state index in [4.69, 9.17) is 14.2 Å². The van der Waals surface area contributed by atoms with E-state index in [-0.39, 0.29) is 29.4 Å². The SMILES string of the molecule is COc1ccc(C)c(N(CC(=O)Cc2cccnc2)S(=O)(=O)c2ccc(OC)c(OC)c2)c1. The van der Waals surface area contributed by atoms with Gasteiger partial charge in [0.05, 0.1) is 38.5 Å². The standard InChI is InChI=1S/C24H26N2O6S/c1-17-7-8-20(30-2)13-22(17)26(16-19(27)12-18-6-5-11-25-15-18)33(28,29)21-9-10-23(31-3)24(14-21)32-4/h5-11,13-15H,12,16H2,1-4H3. The summed E-state index contributed by atoms with van der Waals surface area (Å²) in [6.45, 7) is 1.41. The van der Waals surface area contributed by atoms with E-state index >= 15 is 0 Å². The molecule has 0 saturated carbocycles. The van der Waals surface area contributed by atoms with E-state index in [1.807, 2.05) is 0 Å². The number of ether oxygens (including phenoxy) is 3. The van der Waals surface area contributed by atoms with Crippen molar-refractivity contribution in [1.29, 1.82) is 0 Å². The van der Waals surface area contributed by atoms with Crippen LogP contribution in [-0.2, 0) is 21.2 Å². The number of methoxy groups -OCH3 is 3. The van der Waals surface area contributed by atoms with E-state index in [0.29, 0.717) is 28.3 Å². The molecule has 0 unspecified atom stereocenters. The van der Waals surface area contributed by atoms with Crippen molar-refractivity contribution in [2.45, 2.75) is 18.2 Å². The Balaban J connectivity index is 2.07. The van der Waals surface area contributed by atoms with Crippen LogP contribution < -0.4 is 18.5 Å². The van der Waals surface area contributed by atoms with Crippen LogP contribution in [0.5, 0.6) is 17.2 Å². The summed E-state index contributed by atoms with van der Waals surface area (Å²) < 4.78 is 44.4. The van der Waals surface area contributed by atoms with Gasteiger partial charge in [-0.25, -0.2) is 8.42 Å². The van der Waals surface area contributed by atoms with E-state index in [1.165, 1.54) is 39.5 Å². The zero-order valence-corrected chi connectivity index (χ0v) is 19.8. The smallest absolute Gasteiger partial charge is 0.264 e. The van der Waals surface area contributed by atoms with Gasteiger partial charge < -0.3 is 14.2 Å². The van der Waals surface area contributed by atoms with Crippen molar-refractivity contribution in [3.63, 3.8) is 0 Å². The largest absolute Gasteiger partial charge is 0.497 e. The molecule has 0 spiro atoms. The van der Waals surface area contributed by atoms with Crippen LogP contribution in [-0.4, -0.2) is 47.1 Å². The van der Waals surface area contributed by atoms with Crippen LogP contribution in [0.15, 0.2) is 65.8 Å². The van der Waals surface area contributed by atoms with Gasteiger partial charge in [0.1, 0.15) is 5.75 Å². The molecule has 0 aliphatic carbocycles. The number of nitrogens with zero attached hydrogens (tertiary/aromatic N) is 2. The number of rotatable bonds is 10. The van der Waals surface area contributed by atoms with Gasteiger partial charge in [0.15, 0.2) is 17.3 Å². The minimum absolute atomic E-state index is 0.0310. The van der Waals surface area contributed by atoms with Gasteiger partial charge in [0, 0.05) is 30.9 Å². The van der Waals surface area contributed by atoms with E-state index < -0.39 is 10.0 Å². The molecule has 2 aromatic carbocycles. The molecule has 0 amide bonds. The van der Waals surface area contributed by atoms with E-state index in [2.05, 4.69) is 4.98 Å². The van der Waals surface area contributed by atoms with Gasteiger partial charge in [0.25, 0.3) is 10.0 Å². The summed E-state index contributed by atoms with van der Waals surface area (Å²) in [4.78, 5) is 16.9. The number of benzene rings is 2. The maximum Gasteiger partial charge on any atom is 0.264 e. The molecule has 33 heavy (non-hydrogen) atoms. The lowest BCUT2D eigenvalue weighted by Gasteiger charge is -2.26. The fraction of sp³-hybridized carbons (Fsp3) is 0.250. The van der Waals surface area contributed by atoms with Crippen molar-refractivity contribution in [3.05, 3.63) is 72.1 Å². The number of hydrogen-bond acceptors (Lipinski definition) is 7. The number of carbonyl (C=O) groups excluding carboxylic acids is 1. The van der Waals surface area contributed by atoms with Crippen molar-refractivity contribution < 1.29 is 27.4 Å². The summed E-state index contributed by atoms with van der Waals surface area (Å²) in [6.07, 6.45) is 3.25. The number of pyridine rings is 1. The van der Waals surface area contributed by atoms with Gasteiger partial charge >= 0.3 is 0 Å². The molecule has 0 atom stereocenters. The summed E-state index contributed by atoms with van der Waals surface area (Å²) in [5.41, 5.74) is 1.73. The van der Waals surface area contributed by atoms with Crippen molar-refractivity contribution in [3.8, 4) is 17.2 Å². The summed E-state index contributed by atoms with van der Waals surface area (Å²) in [7, 11) is 0.248. The molecule has 0 bridgehead atoms. The van der Waals surface area contributed by atoms with E-state index in [0.717, 1.165) is 4.31 Å². The highest BCUT2D eigenvalue weighted by molar-refractivity contribution is 7.92. The van der Waals surface area contributed by atoms with Crippen LogP contribution in [0.2, 0.25) is 0 Å². The Morgan fingerprint density at radius 1 is 0.970 bits per heavy atom. The normalized spacial score (nSPS) is 11.0. The first kappa shape index (κ1) is 24.1. The summed E-state index contributed by atoms with van der Waals surface area (Å²) in [6, 6.07) is 12.9. The highest BCUT2D eigenvalue weighted by Gasteiger charge is 2.29. The molecule has 3 aromatic rings. The molecule has 1 aromatic heterocycles. The monoisotopic (exact) mass is 470 g/mol. The Morgan fingerprint density at radius 3 is 2.36 bits per heavy atom. The lowest BCUT2D eigenvalue weighted by molar-refractivity contribution is -0.117. The molecule has 0 N–H and O–H groups in total. The number of carbonyl (C=O) groups is 1. The highest BCUT2D eigenvalue weighted by Crippen LogP contribution is 2.34. The third-order valence-electron chi connectivity index (χ3n) is 5.07. The number of hydrogen-bond donors (Lipinski definition) is 0. The Labute approximate surface area is 193 Å². The topological polar surface area (TPSA) is 95.0 Å². The van der Waals surface area contributed by atoms with Crippen LogP contribution in [0.25, 0.3) is 0 Å². The average molecular weight is 471 g/mol. The number of ketones is 1. The average Bonchev–Trinajstić information content (AvgIpc) is 2.83. The second kappa shape index (κ2) is 10.4. The maximum atomic E-state index is 13.8.